The SMILES string of the molecule is COc1cccc(O)c1/C(N)=C/C(Cl)=N\CN. The van der Waals surface area contributed by atoms with Crippen molar-refractivity contribution < 1.29 is 9.84 Å². The Bertz CT molecular complexity index is 458. The molecular weight excluding hydrogens is 242 g/mol. The lowest BCUT2D eigenvalue weighted by Crippen LogP contribution is -2.03. The number of nitrogens with two attached hydrogens (primary N) is 2. The molecule has 6 heteroatoms. The van der Waals surface area contributed by atoms with Crippen molar-refractivity contribution in [2.45, 2.75) is 0 Å². The smallest absolute Gasteiger partial charge is 0.131 e. The first-order valence-corrected chi connectivity index (χ1v) is 5.21. The minimum absolute atomic E-state index is 0.00955. The summed E-state index contributed by atoms with van der Waals surface area (Å²) in [7, 11) is 1.49. The fraction of sp³-hybridized carbons (Fsp3) is 0.182. The molecule has 0 unspecified atom stereocenters. The number of hydrogen-bond donors (Lipinski definition) is 3. The van der Waals surface area contributed by atoms with Gasteiger partial charge < -0.3 is 21.3 Å². The number of nitrogens with zero attached hydrogens (tertiary/aromatic N) is 1. The molecule has 5 nitrogen and oxygen atoms in total. The fourth-order valence-corrected chi connectivity index (χ4v) is 1.50. The predicted octanol–water partition coefficient (Wildman–Crippen LogP) is 1.25. The summed E-state index contributed by atoms with van der Waals surface area (Å²) in [6.07, 6.45) is 1.41. The van der Waals surface area contributed by atoms with Crippen molar-refractivity contribution in [3.05, 3.63) is 29.8 Å². The van der Waals surface area contributed by atoms with E-state index in [1.165, 1.54) is 19.3 Å². The van der Waals surface area contributed by atoms with Crippen LogP contribution >= 0.6 is 11.6 Å². The monoisotopic (exact) mass is 255 g/mol. The molecule has 0 amide bonds. The van der Waals surface area contributed by atoms with Crippen LogP contribution in [0, 0.1) is 0 Å². The van der Waals surface area contributed by atoms with Crippen molar-refractivity contribution in [2.75, 3.05) is 13.8 Å². The van der Waals surface area contributed by atoms with E-state index in [0.717, 1.165) is 0 Å². The van der Waals surface area contributed by atoms with Crippen LogP contribution in [0.5, 0.6) is 11.5 Å². The summed E-state index contributed by atoms with van der Waals surface area (Å²) < 4.78 is 5.10. The van der Waals surface area contributed by atoms with Crippen LogP contribution in [0.15, 0.2) is 29.3 Å². The van der Waals surface area contributed by atoms with E-state index in [1.54, 1.807) is 12.1 Å². The summed E-state index contributed by atoms with van der Waals surface area (Å²) in [4.78, 5) is 3.76. The maximum absolute atomic E-state index is 9.73. The van der Waals surface area contributed by atoms with Crippen molar-refractivity contribution in [3.8, 4) is 11.5 Å². The lowest BCUT2D eigenvalue weighted by atomic mass is 10.1. The molecule has 17 heavy (non-hydrogen) atoms. The van der Waals surface area contributed by atoms with Gasteiger partial charge in [-0.25, -0.2) is 0 Å². The maximum atomic E-state index is 9.73. The summed E-state index contributed by atoms with van der Waals surface area (Å²) in [6, 6.07) is 4.84. The molecule has 1 aromatic carbocycles. The summed E-state index contributed by atoms with van der Waals surface area (Å²) in [5, 5.41) is 9.89. The summed E-state index contributed by atoms with van der Waals surface area (Å²) in [5.41, 5.74) is 11.7. The molecule has 0 spiro atoms. The van der Waals surface area contributed by atoms with Crippen LogP contribution in [0.1, 0.15) is 5.56 Å². The third-order valence-corrected chi connectivity index (χ3v) is 2.26. The Kier molecular flexibility index (Phi) is 4.81. The Balaban J connectivity index is 3.20. The van der Waals surface area contributed by atoms with Gasteiger partial charge in [0.05, 0.1) is 19.3 Å². The number of hydrogen-bond acceptors (Lipinski definition) is 5. The standard InChI is InChI=1S/C11H14ClN3O2/c1-17-9-4-2-3-8(16)11(9)7(14)5-10(12)15-6-13/h2-5,16H,6,13-14H2,1H3/b7-5-,15-10+. The third kappa shape index (κ3) is 3.37. The van der Waals surface area contributed by atoms with E-state index in [1.807, 2.05) is 0 Å². The van der Waals surface area contributed by atoms with E-state index >= 15 is 0 Å². The minimum atomic E-state index is 0.00955. The highest BCUT2D eigenvalue weighted by atomic mass is 35.5. The number of methoxy groups -OCH3 is 1. The van der Waals surface area contributed by atoms with Gasteiger partial charge in [0, 0.05) is 5.70 Å². The molecule has 5 N–H and O–H groups in total. The first-order chi connectivity index (χ1) is 8.10. The number of rotatable bonds is 4. The van der Waals surface area contributed by atoms with Crippen LogP contribution in [0.25, 0.3) is 5.70 Å². The lowest BCUT2D eigenvalue weighted by molar-refractivity contribution is 0.405. The zero-order chi connectivity index (χ0) is 12.8. The Morgan fingerprint density at radius 3 is 2.88 bits per heavy atom. The van der Waals surface area contributed by atoms with Crippen LogP contribution in [-0.4, -0.2) is 24.1 Å². The van der Waals surface area contributed by atoms with Crippen molar-refractivity contribution in [3.63, 3.8) is 0 Å². The topological polar surface area (TPSA) is 93.9 Å². The van der Waals surface area contributed by atoms with Gasteiger partial charge in [-0.05, 0) is 18.2 Å². The zero-order valence-corrected chi connectivity index (χ0v) is 10.1. The molecule has 1 rings (SSSR count). The summed E-state index contributed by atoms with van der Waals surface area (Å²) in [6.45, 7) is 0.0700. The van der Waals surface area contributed by atoms with E-state index in [0.29, 0.717) is 11.3 Å². The third-order valence-electron chi connectivity index (χ3n) is 2.03. The second-order valence-corrected chi connectivity index (χ2v) is 3.50. The Morgan fingerprint density at radius 2 is 2.29 bits per heavy atom. The number of phenols is 1. The van der Waals surface area contributed by atoms with Crippen molar-refractivity contribution in [1.82, 2.24) is 0 Å². The second kappa shape index (κ2) is 6.12. The lowest BCUT2D eigenvalue weighted by Gasteiger charge is -2.10. The van der Waals surface area contributed by atoms with Gasteiger partial charge in [0.15, 0.2) is 0 Å². The first kappa shape index (κ1) is 13.3. The highest BCUT2D eigenvalue weighted by molar-refractivity contribution is 6.68. The second-order valence-electron chi connectivity index (χ2n) is 3.12. The zero-order valence-electron chi connectivity index (χ0n) is 9.35. The Morgan fingerprint density at radius 1 is 1.59 bits per heavy atom. The molecule has 0 atom stereocenters. The normalized spacial score (nSPS) is 12.6. The van der Waals surface area contributed by atoms with Gasteiger partial charge >= 0.3 is 0 Å². The van der Waals surface area contributed by atoms with Gasteiger partial charge in [-0.3, -0.25) is 4.99 Å². The molecule has 0 saturated carbocycles. The van der Waals surface area contributed by atoms with E-state index in [9.17, 15) is 5.11 Å². The number of phenolic OH excluding ortho intramolecular Hbond substituents is 1. The molecule has 92 valence electrons. The molecular formula is C11H14ClN3O2. The average molecular weight is 256 g/mol. The van der Waals surface area contributed by atoms with E-state index in [4.69, 9.17) is 27.8 Å². The van der Waals surface area contributed by atoms with Gasteiger partial charge in [0.2, 0.25) is 0 Å². The largest absolute Gasteiger partial charge is 0.507 e. The van der Waals surface area contributed by atoms with Gasteiger partial charge in [0.25, 0.3) is 0 Å². The maximum Gasteiger partial charge on any atom is 0.131 e. The quantitative estimate of drug-likeness (QED) is 0.706. The number of benzene rings is 1. The molecule has 0 saturated heterocycles. The number of aliphatic imine (C=N–C) groups is 1. The minimum Gasteiger partial charge on any atom is -0.507 e. The van der Waals surface area contributed by atoms with Gasteiger partial charge in [-0.15, -0.1) is 0 Å². The van der Waals surface area contributed by atoms with Crippen LogP contribution < -0.4 is 16.2 Å². The van der Waals surface area contributed by atoms with Crippen LogP contribution in [0.3, 0.4) is 0 Å². The molecule has 0 aliphatic rings. The highest BCUT2D eigenvalue weighted by Crippen LogP contribution is 2.31. The van der Waals surface area contributed by atoms with Gasteiger partial charge in [0.1, 0.15) is 16.7 Å². The Labute approximate surface area is 104 Å². The summed E-state index contributed by atoms with van der Waals surface area (Å²) >= 11 is 5.76. The molecule has 0 heterocycles. The molecule has 0 aliphatic carbocycles. The van der Waals surface area contributed by atoms with E-state index in [-0.39, 0.29) is 23.3 Å². The number of allylic oxidation sites excluding steroid dienone is 1. The molecule has 0 fully saturated rings. The van der Waals surface area contributed by atoms with Crippen LogP contribution in [0.4, 0.5) is 0 Å². The number of halogens is 1. The van der Waals surface area contributed by atoms with Crippen molar-refractivity contribution >= 4 is 22.5 Å². The molecule has 1 aromatic rings. The Hall–Kier alpha value is -1.72. The van der Waals surface area contributed by atoms with Gasteiger partial charge in [-0.1, -0.05) is 17.7 Å². The predicted molar refractivity (Wildman–Crippen MR) is 69.2 cm³/mol. The molecule has 0 aliphatic heterocycles. The van der Waals surface area contributed by atoms with Crippen molar-refractivity contribution in [2.24, 2.45) is 16.5 Å². The molecule has 0 bridgehead atoms. The first-order valence-electron chi connectivity index (χ1n) is 4.83. The van der Waals surface area contributed by atoms with Crippen LogP contribution in [-0.2, 0) is 0 Å². The number of aromatic hydroxyl groups is 1. The van der Waals surface area contributed by atoms with E-state index < -0.39 is 0 Å². The number of ether oxygens (including phenoxy) is 1. The van der Waals surface area contributed by atoms with Crippen LogP contribution in [0.2, 0.25) is 0 Å². The molecule has 0 aromatic heterocycles. The van der Waals surface area contributed by atoms with Gasteiger partial charge in [-0.2, -0.15) is 0 Å². The average Bonchev–Trinajstić information content (AvgIpc) is 2.28. The fourth-order valence-electron chi connectivity index (χ4n) is 1.31. The van der Waals surface area contributed by atoms with Crippen molar-refractivity contribution in [1.29, 1.82) is 0 Å². The van der Waals surface area contributed by atoms with E-state index in [2.05, 4.69) is 4.99 Å². The highest BCUT2D eigenvalue weighted by Gasteiger charge is 2.11. The summed E-state index contributed by atoms with van der Waals surface area (Å²) in [5.74, 6) is 0.464. The molecule has 0 radical (unpaired) electrons.